The number of hydrogen-bond acceptors (Lipinski definition) is 5. The number of nitrogens with zero attached hydrogens (tertiary/aromatic N) is 6. The molecule has 0 unspecified atom stereocenters. The van der Waals surface area contributed by atoms with Crippen LogP contribution in [-0.2, 0) is 7.05 Å². The van der Waals surface area contributed by atoms with Gasteiger partial charge in [-0.1, -0.05) is 24.0 Å². The molecule has 40 heavy (non-hydrogen) atoms. The van der Waals surface area contributed by atoms with Crippen molar-refractivity contribution in [2.75, 3.05) is 0 Å². The maximum atomic E-state index is 13.8. The summed E-state index contributed by atoms with van der Waals surface area (Å²) in [5, 5.41) is 12.5. The average Bonchev–Trinajstić information content (AvgIpc) is 3.52. The van der Waals surface area contributed by atoms with Crippen LogP contribution in [-0.4, -0.2) is 35.3 Å². The molecule has 8 nitrogen and oxygen atoms in total. The lowest BCUT2D eigenvalue weighted by Crippen LogP contribution is -2.27. The smallest absolute Gasteiger partial charge is 0.257 e. The molecule has 0 spiro atoms. The summed E-state index contributed by atoms with van der Waals surface area (Å²) in [6.45, 7) is 3.68. The summed E-state index contributed by atoms with van der Waals surface area (Å²) in [5.41, 5.74) is 5.87. The third-order valence-corrected chi connectivity index (χ3v) is 6.65. The van der Waals surface area contributed by atoms with Gasteiger partial charge in [0.15, 0.2) is 5.65 Å². The Morgan fingerprint density at radius 2 is 1.93 bits per heavy atom. The molecule has 0 radical (unpaired) electrons. The van der Waals surface area contributed by atoms with Gasteiger partial charge in [0, 0.05) is 42.2 Å². The first-order valence-corrected chi connectivity index (χ1v) is 12.7. The molecule has 1 N–H and O–H groups in total. The topological polar surface area (TPSA) is 90.0 Å². The van der Waals surface area contributed by atoms with Crippen LogP contribution in [0, 0.1) is 24.6 Å². The fraction of sp³-hybridized carbons (Fsp3) is 0.129. The van der Waals surface area contributed by atoms with Gasteiger partial charge in [-0.3, -0.25) is 9.48 Å². The van der Waals surface area contributed by atoms with E-state index in [1.807, 2.05) is 44.4 Å². The van der Waals surface area contributed by atoms with Gasteiger partial charge in [-0.2, -0.15) is 10.2 Å². The average molecular weight is 530 g/mol. The lowest BCUT2D eigenvalue weighted by atomic mass is 9.97. The quantitative estimate of drug-likeness (QED) is 0.324. The largest absolute Gasteiger partial charge is 0.345 e. The highest BCUT2D eigenvalue weighted by Gasteiger charge is 2.23. The fourth-order valence-corrected chi connectivity index (χ4v) is 4.72. The van der Waals surface area contributed by atoms with Crippen molar-refractivity contribution in [2.24, 2.45) is 7.05 Å². The molecular weight excluding hydrogens is 505 g/mol. The summed E-state index contributed by atoms with van der Waals surface area (Å²) in [6.07, 6.45) is 6.94. The second kappa shape index (κ2) is 10.1. The number of rotatable bonds is 4. The van der Waals surface area contributed by atoms with Crippen LogP contribution in [0.1, 0.15) is 45.7 Å². The fourth-order valence-electron chi connectivity index (χ4n) is 4.72. The van der Waals surface area contributed by atoms with Crippen LogP contribution in [0.3, 0.4) is 0 Å². The van der Waals surface area contributed by atoms with Gasteiger partial charge in [0.05, 0.1) is 40.3 Å². The summed E-state index contributed by atoms with van der Waals surface area (Å²) in [5.74, 6) is 5.73. The van der Waals surface area contributed by atoms with Crippen LogP contribution in [0.15, 0.2) is 79.4 Å². The summed E-state index contributed by atoms with van der Waals surface area (Å²) >= 11 is 0. The van der Waals surface area contributed by atoms with Crippen molar-refractivity contribution in [1.29, 1.82) is 0 Å². The first-order valence-electron chi connectivity index (χ1n) is 12.7. The van der Waals surface area contributed by atoms with Crippen molar-refractivity contribution >= 4 is 22.5 Å². The van der Waals surface area contributed by atoms with Crippen molar-refractivity contribution < 1.29 is 9.18 Å². The Balaban J connectivity index is 1.44. The van der Waals surface area contributed by atoms with Crippen LogP contribution < -0.4 is 5.32 Å². The number of fused-ring (bicyclic) bond motifs is 2. The zero-order chi connectivity index (χ0) is 27.8. The molecule has 6 aromatic rings. The number of carbonyl (C=O) groups excluding carboxylic acids is 1. The lowest BCUT2D eigenvalue weighted by molar-refractivity contribution is 0.0941. The number of amides is 1. The number of pyridine rings is 1. The maximum absolute atomic E-state index is 13.8. The molecule has 4 heterocycles. The first kappa shape index (κ1) is 24.9. The molecule has 2 aromatic carbocycles. The summed E-state index contributed by atoms with van der Waals surface area (Å²) in [6, 6.07) is 15.3. The number of nitrogens with one attached hydrogen (secondary N) is 1. The molecule has 0 bridgehead atoms. The molecule has 0 fully saturated rings. The van der Waals surface area contributed by atoms with E-state index in [4.69, 9.17) is 4.98 Å². The van der Waals surface area contributed by atoms with Crippen molar-refractivity contribution in [3.05, 3.63) is 113 Å². The molecule has 4 aromatic heterocycles. The summed E-state index contributed by atoms with van der Waals surface area (Å²) in [4.78, 5) is 22.8. The highest BCUT2D eigenvalue weighted by atomic mass is 19.1. The summed E-state index contributed by atoms with van der Waals surface area (Å²) in [7, 11) is 1.84. The number of aryl methyl sites for hydroxylation is 2. The Bertz CT molecular complexity index is 1960. The third-order valence-electron chi connectivity index (χ3n) is 6.65. The molecule has 1 atom stereocenters. The lowest BCUT2D eigenvalue weighted by Gasteiger charge is -2.19. The minimum Gasteiger partial charge on any atom is -0.345 e. The van der Waals surface area contributed by atoms with Gasteiger partial charge < -0.3 is 5.32 Å². The SMILES string of the molecule is Cc1nn2cccnc2c1C(=O)N[C@@H](C)c1cc2cccc(C#Cc3cnn(C)c3)c2nc1-c1ccc(F)cc1. The summed E-state index contributed by atoms with van der Waals surface area (Å²) < 4.78 is 17.1. The number of hydrogen-bond donors (Lipinski definition) is 1. The number of para-hydroxylation sites is 1. The van der Waals surface area contributed by atoms with Crippen molar-refractivity contribution in [1.82, 2.24) is 34.7 Å². The van der Waals surface area contributed by atoms with Gasteiger partial charge in [-0.05, 0) is 56.3 Å². The van der Waals surface area contributed by atoms with Gasteiger partial charge >= 0.3 is 0 Å². The van der Waals surface area contributed by atoms with Crippen LogP contribution >= 0.6 is 0 Å². The highest BCUT2D eigenvalue weighted by molar-refractivity contribution is 6.01. The first-order chi connectivity index (χ1) is 19.4. The van der Waals surface area contributed by atoms with Crippen molar-refractivity contribution in [3.8, 4) is 23.1 Å². The number of carbonyl (C=O) groups is 1. The Hall–Kier alpha value is -5.36. The van der Waals surface area contributed by atoms with Gasteiger partial charge in [0.25, 0.3) is 5.91 Å². The predicted molar refractivity (Wildman–Crippen MR) is 150 cm³/mol. The van der Waals surface area contributed by atoms with Gasteiger partial charge in [0.1, 0.15) is 11.4 Å². The Morgan fingerprint density at radius 1 is 1.10 bits per heavy atom. The zero-order valence-corrected chi connectivity index (χ0v) is 22.1. The minimum atomic E-state index is -0.437. The van der Waals surface area contributed by atoms with Crippen molar-refractivity contribution in [3.63, 3.8) is 0 Å². The second-order valence-electron chi connectivity index (χ2n) is 9.51. The van der Waals surface area contributed by atoms with E-state index in [1.165, 1.54) is 12.1 Å². The van der Waals surface area contributed by atoms with E-state index >= 15 is 0 Å². The normalized spacial score (nSPS) is 11.8. The van der Waals surface area contributed by atoms with E-state index < -0.39 is 6.04 Å². The molecule has 9 heteroatoms. The zero-order valence-electron chi connectivity index (χ0n) is 22.1. The van der Waals surface area contributed by atoms with Gasteiger partial charge in [-0.15, -0.1) is 0 Å². The molecule has 0 aliphatic carbocycles. The molecule has 1 amide bonds. The molecule has 6 rings (SSSR count). The standard InChI is InChI=1S/C31H24FN7O/c1-19(35-31(40)27-20(2)37-39-15-5-14-33-30(27)39)26-16-24-7-4-6-22(9-8-21-17-34-38(3)18-21)28(24)36-29(26)23-10-12-25(32)13-11-23/h4-7,10-19H,1-3H3,(H,35,40)/t19-/m0/s1. The molecule has 0 aliphatic rings. The minimum absolute atomic E-state index is 0.292. The molecule has 196 valence electrons. The Kier molecular flexibility index (Phi) is 6.28. The van der Waals surface area contributed by atoms with Crippen LogP contribution in [0.4, 0.5) is 4.39 Å². The molecule has 0 saturated heterocycles. The van der Waals surface area contributed by atoms with Crippen LogP contribution in [0.5, 0.6) is 0 Å². The third kappa shape index (κ3) is 4.67. The van der Waals surface area contributed by atoms with E-state index in [-0.39, 0.29) is 11.7 Å². The van der Waals surface area contributed by atoms with E-state index in [0.29, 0.717) is 28.1 Å². The number of aromatic nitrogens is 6. The van der Waals surface area contributed by atoms with E-state index in [0.717, 1.165) is 27.6 Å². The second-order valence-corrected chi connectivity index (χ2v) is 9.51. The Morgan fingerprint density at radius 3 is 2.70 bits per heavy atom. The maximum Gasteiger partial charge on any atom is 0.257 e. The van der Waals surface area contributed by atoms with Gasteiger partial charge in [0.2, 0.25) is 0 Å². The van der Waals surface area contributed by atoms with Crippen molar-refractivity contribution in [2.45, 2.75) is 19.9 Å². The predicted octanol–water partition coefficient (Wildman–Crippen LogP) is 5.02. The van der Waals surface area contributed by atoms with E-state index in [1.54, 1.807) is 52.9 Å². The molecule has 0 aliphatic heterocycles. The highest BCUT2D eigenvalue weighted by Crippen LogP contribution is 2.31. The van der Waals surface area contributed by atoms with Crippen LogP contribution in [0.25, 0.3) is 27.8 Å². The molecule has 0 saturated carbocycles. The monoisotopic (exact) mass is 529 g/mol. The van der Waals surface area contributed by atoms with E-state index in [9.17, 15) is 9.18 Å². The number of benzene rings is 2. The van der Waals surface area contributed by atoms with Gasteiger partial charge in [-0.25, -0.2) is 18.9 Å². The Labute approximate surface area is 229 Å². The van der Waals surface area contributed by atoms with Crippen LogP contribution in [0.2, 0.25) is 0 Å². The van der Waals surface area contributed by atoms with E-state index in [2.05, 4.69) is 32.3 Å². The molecular formula is C31H24FN7O. The number of halogens is 1.